The van der Waals surface area contributed by atoms with E-state index in [9.17, 15) is 0 Å². The lowest BCUT2D eigenvalue weighted by atomic mass is 10.2. The SMILES string of the molecule is Cc1nn(C)c2c1nc(CCCl)n2CCCOCC(C)C. The van der Waals surface area contributed by atoms with Crippen molar-refractivity contribution in [3.63, 3.8) is 0 Å². The first-order chi connectivity index (χ1) is 10.0. The molecule has 0 aliphatic carbocycles. The van der Waals surface area contributed by atoms with Crippen LogP contribution < -0.4 is 0 Å². The quantitative estimate of drug-likeness (QED) is 0.556. The number of ether oxygens (including phenoxy) is 1. The monoisotopic (exact) mass is 312 g/mol. The van der Waals surface area contributed by atoms with Crippen molar-refractivity contribution in [2.24, 2.45) is 13.0 Å². The molecule has 2 rings (SSSR count). The Morgan fingerprint density at radius 1 is 1.33 bits per heavy atom. The predicted octanol–water partition coefficient (Wildman–Crippen LogP) is 2.92. The molecule has 0 aliphatic heterocycles. The van der Waals surface area contributed by atoms with E-state index in [1.54, 1.807) is 0 Å². The maximum atomic E-state index is 5.90. The van der Waals surface area contributed by atoms with Crippen LogP contribution in [0.2, 0.25) is 0 Å². The zero-order chi connectivity index (χ0) is 15.4. The topological polar surface area (TPSA) is 44.9 Å². The van der Waals surface area contributed by atoms with Crippen molar-refractivity contribution in [1.82, 2.24) is 19.3 Å². The van der Waals surface area contributed by atoms with Crippen LogP contribution in [0.5, 0.6) is 0 Å². The lowest BCUT2D eigenvalue weighted by molar-refractivity contribution is 0.105. The number of hydrogen-bond acceptors (Lipinski definition) is 3. The van der Waals surface area contributed by atoms with Crippen LogP contribution in [0.3, 0.4) is 0 Å². The van der Waals surface area contributed by atoms with E-state index in [1.165, 1.54) is 0 Å². The van der Waals surface area contributed by atoms with Gasteiger partial charge in [-0.2, -0.15) is 5.10 Å². The average Bonchev–Trinajstić information content (AvgIpc) is 2.89. The number of fused-ring (bicyclic) bond motifs is 1. The fourth-order valence-electron chi connectivity index (χ4n) is 2.53. The van der Waals surface area contributed by atoms with Crippen LogP contribution in [-0.2, 0) is 24.8 Å². The van der Waals surface area contributed by atoms with Gasteiger partial charge in [0.2, 0.25) is 0 Å². The number of imidazole rings is 1. The number of aromatic nitrogens is 4. The molecule has 0 atom stereocenters. The summed E-state index contributed by atoms with van der Waals surface area (Å²) in [5.41, 5.74) is 3.04. The van der Waals surface area contributed by atoms with Crippen molar-refractivity contribution in [2.75, 3.05) is 19.1 Å². The highest BCUT2D eigenvalue weighted by atomic mass is 35.5. The second kappa shape index (κ2) is 7.27. The fraction of sp³-hybridized carbons (Fsp3) is 0.733. The van der Waals surface area contributed by atoms with Crippen LogP contribution >= 0.6 is 11.6 Å². The molecule has 2 aromatic rings. The van der Waals surface area contributed by atoms with Crippen molar-refractivity contribution in [3.8, 4) is 0 Å². The van der Waals surface area contributed by atoms with Gasteiger partial charge in [-0.3, -0.25) is 4.68 Å². The first kappa shape index (κ1) is 16.3. The molecule has 0 aliphatic rings. The third-order valence-electron chi connectivity index (χ3n) is 3.41. The first-order valence-electron chi connectivity index (χ1n) is 7.57. The number of alkyl halides is 1. The number of hydrogen-bond donors (Lipinski definition) is 0. The summed E-state index contributed by atoms with van der Waals surface area (Å²) in [5, 5.41) is 4.45. The largest absolute Gasteiger partial charge is 0.381 e. The standard InChI is InChI=1S/C15H25ClN4O/c1-11(2)10-21-9-5-8-20-13(6-7-16)17-14-12(3)18-19(4)15(14)20/h11H,5-10H2,1-4H3. The summed E-state index contributed by atoms with van der Waals surface area (Å²) in [5.74, 6) is 2.20. The van der Waals surface area contributed by atoms with Crippen molar-refractivity contribution < 1.29 is 4.74 Å². The molecular weight excluding hydrogens is 288 g/mol. The van der Waals surface area contributed by atoms with Gasteiger partial charge in [0.15, 0.2) is 5.65 Å². The highest BCUT2D eigenvalue weighted by Crippen LogP contribution is 2.20. The van der Waals surface area contributed by atoms with Gasteiger partial charge in [0.25, 0.3) is 0 Å². The highest BCUT2D eigenvalue weighted by Gasteiger charge is 2.16. The lowest BCUT2D eigenvalue weighted by Gasteiger charge is -2.10. The van der Waals surface area contributed by atoms with E-state index in [0.717, 1.165) is 55.3 Å². The summed E-state index contributed by atoms with van der Waals surface area (Å²) in [6.45, 7) is 8.80. The second-order valence-corrected chi connectivity index (χ2v) is 6.20. The molecule has 0 N–H and O–H groups in total. The molecular formula is C15H25ClN4O. The summed E-state index contributed by atoms with van der Waals surface area (Å²) in [7, 11) is 1.97. The lowest BCUT2D eigenvalue weighted by Crippen LogP contribution is -2.11. The van der Waals surface area contributed by atoms with Gasteiger partial charge >= 0.3 is 0 Å². The van der Waals surface area contributed by atoms with Gasteiger partial charge in [0.05, 0.1) is 5.69 Å². The van der Waals surface area contributed by atoms with Gasteiger partial charge < -0.3 is 9.30 Å². The molecule has 0 aromatic carbocycles. The maximum Gasteiger partial charge on any atom is 0.158 e. The molecule has 2 aromatic heterocycles. The molecule has 0 amide bonds. The number of halogens is 1. The predicted molar refractivity (Wildman–Crippen MR) is 85.9 cm³/mol. The number of rotatable bonds is 8. The Morgan fingerprint density at radius 3 is 2.76 bits per heavy atom. The number of nitrogens with zero attached hydrogens (tertiary/aromatic N) is 4. The van der Waals surface area contributed by atoms with Crippen LogP contribution in [-0.4, -0.2) is 38.4 Å². The summed E-state index contributed by atoms with van der Waals surface area (Å²) in [6.07, 6.45) is 1.75. The first-order valence-corrected chi connectivity index (χ1v) is 8.10. The molecule has 0 saturated heterocycles. The van der Waals surface area contributed by atoms with E-state index in [1.807, 2.05) is 18.7 Å². The van der Waals surface area contributed by atoms with Gasteiger partial charge in [-0.15, -0.1) is 11.6 Å². The minimum absolute atomic E-state index is 0.580. The summed E-state index contributed by atoms with van der Waals surface area (Å²) < 4.78 is 9.80. The smallest absolute Gasteiger partial charge is 0.158 e. The van der Waals surface area contributed by atoms with E-state index in [-0.39, 0.29) is 0 Å². The molecule has 2 heterocycles. The minimum atomic E-state index is 0.580. The third kappa shape index (κ3) is 3.77. The van der Waals surface area contributed by atoms with Crippen molar-refractivity contribution in [1.29, 1.82) is 0 Å². The zero-order valence-corrected chi connectivity index (χ0v) is 14.2. The Morgan fingerprint density at radius 2 is 2.10 bits per heavy atom. The molecule has 21 heavy (non-hydrogen) atoms. The van der Waals surface area contributed by atoms with E-state index in [2.05, 4.69) is 23.5 Å². The Balaban J connectivity index is 2.10. The molecule has 118 valence electrons. The summed E-state index contributed by atoms with van der Waals surface area (Å²) in [6, 6.07) is 0. The minimum Gasteiger partial charge on any atom is -0.381 e. The molecule has 6 heteroatoms. The van der Waals surface area contributed by atoms with Crippen molar-refractivity contribution >= 4 is 22.8 Å². The van der Waals surface area contributed by atoms with Crippen LogP contribution in [0.1, 0.15) is 31.8 Å². The van der Waals surface area contributed by atoms with Crippen LogP contribution in [0.4, 0.5) is 0 Å². The molecule has 0 radical (unpaired) electrons. The van der Waals surface area contributed by atoms with Crippen LogP contribution in [0, 0.1) is 12.8 Å². The zero-order valence-electron chi connectivity index (χ0n) is 13.4. The third-order valence-corrected chi connectivity index (χ3v) is 3.60. The Bertz CT molecular complexity index is 588. The maximum absolute atomic E-state index is 5.90. The van der Waals surface area contributed by atoms with Gasteiger partial charge in [0, 0.05) is 39.1 Å². The molecule has 0 unspecified atom stereocenters. The Hall–Kier alpha value is -1.07. The van der Waals surface area contributed by atoms with Crippen LogP contribution in [0.15, 0.2) is 0 Å². The Labute approximate surface area is 131 Å². The van der Waals surface area contributed by atoms with Gasteiger partial charge in [-0.25, -0.2) is 4.98 Å². The van der Waals surface area contributed by atoms with E-state index in [0.29, 0.717) is 11.8 Å². The number of aryl methyl sites for hydroxylation is 4. The van der Waals surface area contributed by atoms with Crippen molar-refractivity contribution in [3.05, 3.63) is 11.5 Å². The molecule has 0 spiro atoms. The van der Waals surface area contributed by atoms with E-state index < -0.39 is 0 Å². The van der Waals surface area contributed by atoms with Gasteiger partial charge in [-0.1, -0.05) is 13.8 Å². The Kier molecular flexibility index (Phi) is 5.65. The van der Waals surface area contributed by atoms with Crippen molar-refractivity contribution in [2.45, 2.75) is 40.2 Å². The second-order valence-electron chi connectivity index (χ2n) is 5.82. The average molecular weight is 313 g/mol. The molecule has 5 nitrogen and oxygen atoms in total. The molecule has 0 saturated carbocycles. The highest BCUT2D eigenvalue weighted by molar-refractivity contribution is 6.17. The fourth-order valence-corrected chi connectivity index (χ4v) is 2.70. The molecule has 0 bridgehead atoms. The van der Waals surface area contributed by atoms with E-state index >= 15 is 0 Å². The molecule has 0 fully saturated rings. The summed E-state index contributed by atoms with van der Waals surface area (Å²) in [4.78, 5) is 4.70. The van der Waals surface area contributed by atoms with E-state index in [4.69, 9.17) is 21.3 Å². The van der Waals surface area contributed by atoms with Gasteiger partial charge in [-0.05, 0) is 19.3 Å². The normalized spacial score (nSPS) is 11.9. The van der Waals surface area contributed by atoms with Gasteiger partial charge in [0.1, 0.15) is 11.3 Å². The summed E-state index contributed by atoms with van der Waals surface area (Å²) >= 11 is 5.90. The van der Waals surface area contributed by atoms with Crippen LogP contribution in [0.25, 0.3) is 11.2 Å².